The number of nitrogens with one attached hydrogen (secondary N) is 2. The van der Waals surface area contributed by atoms with Gasteiger partial charge in [0.1, 0.15) is 5.82 Å². The molecule has 0 amide bonds. The van der Waals surface area contributed by atoms with Gasteiger partial charge in [-0.2, -0.15) is 0 Å². The number of halogens is 1. The van der Waals surface area contributed by atoms with E-state index in [2.05, 4.69) is 29.1 Å². The van der Waals surface area contributed by atoms with E-state index in [0.717, 1.165) is 50.5 Å². The van der Waals surface area contributed by atoms with Crippen LogP contribution in [0, 0.1) is 5.92 Å². The number of nitrogens with zero attached hydrogens (tertiary/aromatic N) is 1. The zero-order valence-corrected chi connectivity index (χ0v) is 12.6. The first-order chi connectivity index (χ1) is 9.20. The van der Waals surface area contributed by atoms with Crippen molar-refractivity contribution in [3.63, 3.8) is 0 Å². The minimum atomic E-state index is 0.366. The van der Waals surface area contributed by atoms with Crippen molar-refractivity contribution >= 4 is 11.6 Å². The predicted molar refractivity (Wildman–Crippen MR) is 77.4 cm³/mol. The molecular formula is C14H24ClN3O. The third kappa shape index (κ3) is 4.20. The second kappa shape index (κ2) is 7.27. The predicted octanol–water partition coefficient (Wildman–Crippen LogP) is 2.92. The summed E-state index contributed by atoms with van der Waals surface area (Å²) >= 11 is 6.14. The van der Waals surface area contributed by atoms with Crippen molar-refractivity contribution in [3.8, 4) is 0 Å². The Morgan fingerprint density at radius 1 is 1.53 bits per heavy atom. The molecule has 2 unspecified atom stereocenters. The lowest BCUT2D eigenvalue weighted by atomic mass is 10.0. The molecule has 1 aromatic rings. The molecule has 1 aliphatic heterocycles. The van der Waals surface area contributed by atoms with Gasteiger partial charge in [0.25, 0.3) is 0 Å². The maximum Gasteiger partial charge on any atom is 0.151 e. The van der Waals surface area contributed by atoms with Crippen LogP contribution in [0.2, 0.25) is 5.15 Å². The van der Waals surface area contributed by atoms with Gasteiger partial charge >= 0.3 is 0 Å². The van der Waals surface area contributed by atoms with E-state index in [1.54, 1.807) is 0 Å². The summed E-state index contributed by atoms with van der Waals surface area (Å²) in [5.41, 5.74) is 0.999. The minimum Gasteiger partial charge on any atom is -0.378 e. The van der Waals surface area contributed by atoms with Gasteiger partial charge in [0, 0.05) is 26.1 Å². The third-order valence-corrected chi connectivity index (χ3v) is 4.10. The fourth-order valence-electron chi connectivity index (χ4n) is 2.45. The number of rotatable bonds is 7. The van der Waals surface area contributed by atoms with E-state index < -0.39 is 0 Å². The lowest BCUT2D eigenvalue weighted by Gasteiger charge is -2.14. The van der Waals surface area contributed by atoms with E-state index in [0.29, 0.717) is 17.2 Å². The molecule has 2 heterocycles. The van der Waals surface area contributed by atoms with Gasteiger partial charge in [-0.1, -0.05) is 24.9 Å². The van der Waals surface area contributed by atoms with E-state index in [1.807, 2.05) is 0 Å². The molecule has 2 N–H and O–H groups in total. The van der Waals surface area contributed by atoms with Crippen LogP contribution in [0.25, 0.3) is 0 Å². The van der Waals surface area contributed by atoms with Crippen LogP contribution in [0.1, 0.15) is 44.6 Å². The SMILES string of the molecule is CCCCc1nc(Cl)c(CNCC2CCOC2C)[nH]1. The van der Waals surface area contributed by atoms with Gasteiger partial charge in [-0.15, -0.1) is 0 Å². The van der Waals surface area contributed by atoms with Crippen molar-refractivity contribution < 1.29 is 4.74 Å². The van der Waals surface area contributed by atoms with Crippen LogP contribution in [0.3, 0.4) is 0 Å². The number of hydrogen-bond donors (Lipinski definition) is 2. The van der Waals surface area contributed by atoms with Gasteiger partial charge < -0.3 is 15.0 Å². The maximum atomic E-state index is 6.14. The number of hydrogen-bond acceptors (Lipinski definition) is 3. The number of aromatic nitrogens is 2. The van der Waals surface area contributed by atoms with E-state index in [1.165, 1.54) is 6.42 Å². The largest absolute Gasteiger partial charge is 0.378 e. The molecule has 1 aromatic heterocycles. The topological polar surface area (TPSA) is 49.9 Å². The van der Waals surface area contributed by atoms with Crippen LogP contribution in [0.4, 0.5) is 0 Å². The van der Waals surface area contributed by atoms with E-state index >= 15 is 0 Å². The Morgan fingerprint density at radius 2 is 2.37 bits per heavy atom. The molecule has 2 rings (SSSR count). The van der Waals surface area contributed by atoms with Crippen LogP contribution in [-0.2, 0) is 17.7 Å². The average Bonchev–Trinajstić information content (AvgIpc) is 2.95. The Morgan fingerprint density at radius 3 is 3.05 bits per heavy atom. The Kier molecular flexibility index (Phi) is 5.67. The Hall–Kier alpha value is -0.580. The number of H-pyrrole nitrogens is 1. The molecular weight excluding hydrogens is 262 g/mol. The summed E-state index contributed by atoms with van der Waals surface area (Å²) in [4.78, 5) is 7.67. The van der Waals surface area contributed by atoms with Crippen molar-refractivity contribution in [1.82, 2.24) is 15.3 Å². The normalized spacial score (nSPS) is 23.1. The zero-order chi connectivity index (χ0) is 13.7. The van der Waals surface area contributed by atoms with Gasteiger partial charge in [0.2, 0.25) is 0 Å². The number of aryl methyl sites for hydroxylation is 1. The fourth-order valence-corrected chi connectivity index (χ4v) is 2.66. The van der Waals surface area contributed by atoms with E-state index in [-0.39, 0.29) is 0 Å². The van der Waals surface area contributed by atoms with Gasteiger partial charge in [0.05, 0.1) is 11.8 Å². The molecule has 0 aliphatic carbocycles. The summed E-state index contributed by atoms with van der Waals surface area (Å²) in [6.07, 6.45) is 4.81. The molecule has 0 spiro atoms. The standard InChI is InChI=1S/C14H24ClN3O/c1-3-4-5-13-17-12(14(15)18-13)9-16-8-11-6-7-19-10(11)2/h10-11,16H,3-9H2,1-2H3,(H,17,18). The molecule has 0 bridgehead atoms. The third-order valence-electron chi connectivity index (χ3n) is 3.79. The van der Waals surface area contributed by atoms with Crippen LogP contribution >= 0.6 is 11.6 Å². The molecule has 5 heteroatoms. The van der Waals surface area contributed by atoms with Crippen LogP contribution in [0.5, 0.6) is 0 Å². The van der Waals surface area contributed by atoms with Gasteiger partial charge in [-0.25, -0.2) is 4.98 Å². The van der Waals surface area contributed by atoms with Gasteiger partial charge in [-0.05, 0) is 25.7 Å². The lowest BCUT2D eigenvalue weighted by Crippen LogP contribution is -2.26. The zero-order valence-electron chi connectivity index (χ0n) is 11.8. The van der Waals surface area contributed by atoms with Crippen LogP contribution < -0.4 is 5.32 Å². The average molecular weight is 286 g/mol. The summed E-state index contributed by atoms with van der Waals surface area (Å²) in [6, 6.07) is 0. The Bertz CT molecular complexity index is 394. The highest BCUT2D eigenvalue weighted by atomic mass is 35.5. The number of ether oxygens (including phenoxy) is 1. The number of aromatic amines is 1. The van der Waals surface area contributed by atoms with Gasteiger partial charge in [0.15, 0.2) is 5.15 Å². The van der Waals surface area contributed by atoms with Crippen molar-refractivity contribution in [1.29, 1.82) is 0 Å². The molecule has 19 heavy (non-hydrogen) atoms. The molecule has 108 valence electrons. The summed E-state index contributed by atoms with van der Waals surface area (Å²) in [7, 11) is 0. The first-order valence-electron chi connectivity index (χ1n) is 7.26. The van der Waals surface area contributed by atoms with Crippen molar-refractivity contribution in [2.24, 2.45) is 5.92 Å². The van der Waals surface area contributed by atoms with Gasteiger partial charge in [-0.3, -0.25) is 0 Å². The molecule has 1 aliphatic rings. The smallest absolute Gasteiger partial charge is 0.151 e. The van der Waals surface area contributed by atoms with Crippen LogP contribution in [-0.4, -0.2) is 29.2 Å². The minimum absolute atomic E-state index is 0.366. The van der Waals surface area contributed by atoms with Crippen molar-refractivity contribution in [2.75, 3.05) is 13.2 Å². The monoisotopic (exact) mass is 285 g/mol. The summed E-state index contributed by atoms with van der Waals surface area (Å²) in [5.74, 6) is 1.61. The molecule has 0 aromatic carbocycles. The van der Waals surface area contributed by atoms with E-state index in [9.17, 15) is 0 Å². The first-order valence-corrected chi connectivity index (χ1v) is 7.64. The van der Waals surface area contributed by atoms with Crippen molar-refractivity contribution in [2.45, 2.75) is 52.2 Å². The van der Waals surface area contributed by atoms with Crippen LogP contribution in [0.15, 0.2) is 0 Å². The van der Waals surface area contributed by atoms with E-state index in [4.69, 9.17) is 16.3 Å². The Balaban J connectivity index is 1.77. The second-order valence-corrected chi connectivity index (χ2v) is 5.67. The van der Waals surface area contributed by atoms with Crippen molar-refractivity contribution in [3.05, 3.63) is 16.7 Å². The molecule has 1 saturated heterocycles. The number of imidazole rings is 1. The quantitative estimate of drug-likeness (QED) is 0.810. The molecule has 2 atom stereocenters. The number of unbranched alkanes of at least 4 members (excludes halogenated alkanes) is 1. The highest BCUT2D eigenvalue weighted by molar-refractivity contribution is 6.30. The lowest BCUT2D eigenvalue weighted by molar-refractivity contribution is 0.105. The molecule has 0 saturated carbocycles. The summed E-state index contributed by atoms with van der Waals surface area (Å²) in [5, 5.41) is 4.05. The molecule has 4 nitrogen and oxygen atoms in total. The second-order valence-electron chi connectivity index (χ2n) is 5.31. The highest BCUT2D eigenvalue weighted by Gasteiger charge is 2.23. The summed E-state index contributed by atoms with van der Waals surface area (Å²) in [6.45, 7) is 6.94. The highest BCUT2D eigenvalue weighted by Crippen LogP contribution is 2.20. The summed E-state index contributed by atoms with van der Waals surface area (Å²) < 4.78 is 5.55. The first kappa shape index (κ1) is 14.8. The molecule has 0 radical (unpaired) electrons. The maximum absolute atomic E-state index is 6.14. The molecule has 1 fully saturated rings. The fraction of sp³-hybridized carbons (Fsp3) is 0.786. The Labute approximate surface area is 120 Å².